The van der Waals surface area contributed by atoms with Gasteiger partial charge in [0.25, 0.3) is 5.60 Å². The lowest BCUT2D eigenvalue weighted by molar-refractivity contribution is -0.275. The molecule has 0 amide bonds. The topological polar surface area (TPSA) is 47.9 Å². The van der Waals surface area contributed by atoms with E-state index in [1.54, 1.807) is 36.4 Å². The highest BCUT2D eigenvalue weighted by Gasteiger charge is 2.63. The molecule has 0 fully saturated rings. The summed E-state index contributed by atoms with van der Waals surface area (Å²) in [5.41, 5.74) is -2.03. The highest BCUT2D eigenvalue weighted by atomic mass is 35.5. The summed E-state index contributed by atoms with van der Waals surface area (Å²) in [5.74, 6) is -1.45. The van der Waals surface area contributed by atoms with Crippen molar-refractivity contribution in [3.05, 3.63) is 92.9 Å². The number of ether oxygens (including phenoxy) is 1. The molecule has 10 heteroatoms. The summed E-state index contributed by atoms with van der Waals surface area (Å²) >= 11 is 17.9. The minimum atomic E-state index is -4.91. The SMILES string of the molecule is O=C(OC1=NOC(c2cc(Cl)cc(Cl)c2)(C(F)(F)F)C1)c1ccc(Cl)cc1-c1ccccc1. The summed E-state index contributed by atoms with van der Waals surface area (Å²) in [6, 6.07) is 16.8. The number of alkyl halides is 3. The summed E-state index contributed by atoms with van der Waals surface area (Å²) in [5, 5.41) is 3.77. The number of carbonyl (C=O) groups excluding carboxylic acids is 1. The largest absolute Gasteiger partial charge is 0.435 e. The van der Waals surface area contributed by atoms with E-state index in [-0.39, 0.29) is 21.2 Å². The number of halogens is 6. The number of nitrogens with zero attached hydrogens (tertiary/aromatic N) is 1. The molecule has 0 saturated heterocycles. The van der Waals surface area contributed by atoms with Crippen molar-refractivity contribution in [2.75, 3.05) is 0 Å². The van der Waals surface area contributed by atoms with Gasteiger partial charge in [-0.2, -0.15) is 13.2 Å². The first-order valence-corrected chi connectivity index (χ1v) is 10.6. The van der Waals surface area contributed by atoms with E-state index in [9.17, 15) is 18.0 Å². The fraction of sp³-hybridized carbons (Fsp3) is 0.130. The Balaban J connectivity index is 1.63. The van der Waals surface area contributed by atoms with Gasteiger partial charge in [-0.3, -0.25) is 0 Å². The second-order valence-electron chi connectivity index (χ2n) is 7.18. The van der Waals surface area contributed by atoms with Gasteiger partial charge in [-0.25, -0.2) is 4.79 Å². The molecule has 4 rings (SSSR count). The molecule has 0 aromatic heterocycles. The van der Waals surface area contributed by atoms with Gasteiger partial charge >= 0.3 is 12.1 Å². The highest BCUT2D eigenvalue weighted by Crippen LogP contribution is 2.49. The maximum absolute atomic E-state index is 14.1. The molecule has 0 spiro atoms. The molecule has 3 aromatic carbocycles. The smallest absolute Gasteiger partial charge is 0.404 e. The van der Waals surface area contributed by atoms with Gasteiger partial charge in [0.1, 0.15) is 0 Å². The predicted molar refractivity (Wildman–Crippen MR) is 120 cm³/mol. The van der Waals surface area contributed by atoms with E-state index in [1.807, 2.05) is 0 Å². The minimum Gasteiger partial charge on any atom is -0.404 e. The Labute approximate surface area is 201 Å². The van der Waals surface area contributed by atoms with Gasteiger partial charge < -0.3 is 9.57 Å². The Morgan fingerprint density at radius 3 is 2.24 bits per heavy atom. The molecule has 1 unspecified atom stereocenters. The molecule has 1 aliphatic rings. The van der Waals surface area contributed by atoms with E-state index in [4.69, 9.17) is 44.4 Å². The zero-order chi connectivity index (χ0) is 23.8. The van der Waals surface area contributed by atoms with Gasteiger partial charge in [0.2, 0.25) is 5.90 Å². The molecule has 0 saturated carbocycles. The summed E-state index contributed by atoms with van der Waals surface area (Å²) in [6.45, 7) is 0. The molecule has 4 nitrogen and oxygen atoms in total. The Bertz CT molecular complexity index is 1230. The van der Waals surface area contributed by atoms with E-state index in [0.29, 0.717) is 16.1 Å². The van der Waals surface area contributed by atoms with Crippen LogP contribution in [0.3, 0.4) is 0 Å². The number of benzene rings is 3. The Kier molecular flexibility index (Phi) is 6.31. The normalized spacial score (nSPS) is 17.9. The second kappa shape index (κ2) is 8.89. The number of hydrogen-bond acceptors (Lipinski definition) is 4. The minimum absolute atomic E-state index is 0.0103. The van der Waals surface area contributed by atoms with Gasteiger partial charge in [0.15, 0.2) is 0 Å². The number of oxime groups is 1. The van der Waals surface area contributed by atoms with E-state index in [1.165, 1.54) is 18.2 Å². The maximum atomic E-state index is 14.1. The first-order valence-electron chi connectivity index (χ1n) is 9.44. The van der Waals surface area contributed by atoms with Crippen molar-refractivity contribution in [2.45, 2.75) is 18.2 Å². The fourth-order valence-corrected chi connectivity index (χ4v) is 4.13. The summed E-state index contributed by atoms with van der Waals surface area (Å²) in [4.78, 5) is 17.7. The van der Waals surface area contributed by atoms with Gasteiger partial charge in [-0.15, -0.1) is 0 Å². The van der Waals surface area contributed by atoms with Crippen molar-refractivity contribution in [3.63, 3.8) is 0 Å². The molecule has 0 radical (unpaired) electrons. The molecule has 1 heterocycles. The Hall–Kier alpha value is -2.74. The van der Waals surface area contributed by atoms with Crippen LogP contribution in [0, 0.1) is 0 Å². The molecule has 1 aliphatic heterocycles. The van der Waals surface area contributed by atoms with Crippen LogP contribution < -0.4 is 0 Å². The standard InChI is InChI=1S/C23H13Cl3F3NO3/c24-15-6-7-18(19(11-15)13-4-2-1-3-5-13)21(31)32-20-12-22(33-30-20,23(27,28)29)14-8-16(25)10-17(26)9-14/h1-11H,12H2. The van der Waals surface area contributed by atoms with Crippen LogP contribution in [0.1, 0.15) is 22.3 Å². The number of carbonyl (C=O) groups is 1. The summed E-state index contributed by atoms with van der Waals surface area (Å²) in [7, 11) is 0. The molecule has 33 heavy (non-hydrogen) atoms. The highest BCUT2D eigenvalue weighted by molar-refractivity contribution is 6.34. The lowest BCUT2D eigenvalue weighted by Gasteiger charge is -2.29. The fourth-order valence-electron chi connectivity index (χ4n) is 3.43. The van der Waals surface area contributed by atoms with E-state index >= 15 is 0 Å². The quantitative estimate of drug-likeness (QED) is 0.337. The number of rotatable bonds is 3. The molecule has 0 bridgehead atoms. The Morgan fingerprint density at radius 1 is 0.939 bits per heavy atom. The molecule has 0 aliphatic carbocycles. The van der Waals surface area contributed by atoms with E-state index in [2.05, 4.69) is 5.16 Å². The predicted octanol–water partition coefficient (Wildman–Crippen LogP) is 7.66. The third kappa shape index (κ3) is 4.67. The molecular formula is C23H13Cl3F3NO3. The van der Waals surface area contributed by atoms with Crippen LogP contribution >= 0.6 is 34.8 Å². The molecule has 3 aromatic rings. The van der Waals surface area contributed by atoms with Crippen LogP contribution in [0.4, 0.5) is 13.2 Å². The van der Waals surface area contributed by atoms with Crippen molar-refractivity contribution >= 4 is 46.7 Å². The van der Waals surface area contributed by atoms with Crippen molar-refractivity contribution in [2.24, 2.45) is 5.16 Å². The van der Waals surface area contributed by atoms with Crippen molar-refractivity contribution in [1.29, 1.82) is 0 Å². The zero-order valence-corrected chi connectivity index (χ0v) is 18.8. The first kappa shape index (κ1) is 23.4. The van der Waals surface area contributed by atoms with Gasteiger partial charge in [0.05, 0.1) is 12.0 Å². The third-order valence-electron chi connectivity index (χ3n) is 4.99. The van der Waals surface area contributed by atoms with Crippen LogP contribution in [0.25, 0.3) is 11.1 Å². The van der Waals surface area contributed by atoms with Gasteiger partial charge in [0, 0.05) is 20.6 Å². The van der Waals surface area contributed by atoms with Crippen molar-refractivity contribution in [3.8, 4) is 11.1 Å². The van der Waals surface area contributed by atoms with E-state index < -0.39 is 30.1 Å². The lowest BCUT2D eigenvalue weighted by atomic mass is 9.90. The zero-order valence-electron chi connectivity index (χ0n) is 16.5. The monoisotopic (exact) mass is 513 g/mol. The number of hydrogen-bond donors (Lipinski definition) is 0. The first-order chi connectivity index (χ1) is 15.6. The molecule has 0 N–H and O–H groups in total. The summed E-state index contributed by atoms with van der Waals surface area (Å²) < 4.78 is 47.5. The Morgan fingerprint density at radius 2 is 1.61 bits per heavy atom. The second-order valence-corrected chi connectivity index (χ2v) is 8.49. The number of esters is 1. The van der Waals surface area contributed by atoms with E-state index in [0.717, 1.165) is 12.1 Å². The third-order valence-corrected chi connectivity index (χ3v) is 5.66. The van der Waals surface area contributed by atoms with Gasteiger partial charge in [-0.05, 0) is 47.5 Å². The van der Waals surface area contributed by atoms with Crippen molar-refractivity contribution in [1.82, 2.24) is 0 Å². The van der Waals surface area contributed by atoms with Crippen LogP contribution in [-0.4, -0.2) is 18.0 Å². The maximum Gasteiger partial charge on any atom is 0.435 e. The van der Waals surface area contributed by atoms with Crippen LogP contribution in [0.2, 0.25) is 15.1 Å². The summed E-state index contributed by atoms with van der Waals surface area (Å²) in [6.07, 6.45) is -5.79. The molecule has 170 valence electrons. The molecule has 1 atom stereocenters. The van der Waals surface area contributed by atoms with Crippen LogP contribution in [0.15, 0.2) is 71.9 Å². The van der Waals surface area contributed by atoms with Crippen LogP contribution in [-0.2, 0) is 15.2 Å². The lowest BCUT2D eigenvalue weighted by Crippen LogP contribution is -2.43. The average Bonchev–Trinajstić information content (AvgIpc) is 3.19. The molecular weight excluding hydrogens is 502 g/mol. The van der Waals surface area contributed by atoms with Crippen LogP contribution in [0.5, 0.6) is 0 Å². The van der Waals surface area contributed by atoms with Crippen molar-refractivity contribution < 1.29 is 27.5 Å². The van der Waals surface area contributed by atoms with Gasteiger partial charge in [-0.1, -0.05) is 70.3 Å². The average molecular weight is 515 g/mol.